The Hall–Kier alpha value is -1.65. The fourth-order valence-corrected chi connectivity index (χ4v) is 1.47. The normalized spacial score (nSPS) is 14.7. The number of isocyanates is 1. The molecule has 0 heterocycles. The Morgan fingerprint density at radius 2 is 1.72 bits per heavy atom. The molecule has 1 aromatic carbocycles. The lowest BCUT2D eigenvalue weighted by Crippen LogP contribution is -2.28. The molecule has 0 aromatic heterocycles. The fourth-order valence-electron chi connectivity index (χ4n) is 1.47. The van der Waals surface area contributed by atoms with E-state index in [1.54, 1.807) is 6.92 Å². The van der Waals surface area contributed by atoms with Crippen molar-refractivity contribution in [3.05, 3.63) is 35.4 Å². The van der Waals surface area contributed by atoms with Crippen LogP contribution < -0.4 is 0 Å². The molecule has 0 bridgehead atoms. The average molecular weight is 259 g/mol. The second-order valence-electron chi connectivity index (χ2n) is 3.92. The summed E-state index contributed by atoms with van der Waals surface area (Å²) in [5, 5.41) is 0. The van der Waals surface area contributed by atoms with Gasteiger partial charge in [0.25, 0.3) is 0 Å². The van der Waals surface area contributed by atoms with Crippen LogP contribution in [0, 0.1) is 0 Å². The molecule has 0 aliphatic carbocycles. The molecule has 6 heteroatoms. The predicted octanol–water partition coefficient (Wildman–Crippen LogP) is 2.90. The first-order chi connectivity index (χ1) is 8.33. The molecular weight excluding hydrogens is 247 g/mol. The van der Waals surface area contributed by atoms with Gasteiger partial charge in [-0.05, 0) is 24.6 Å². The summed E-state index contributed by atoms with van der Waals surface area (Å²) in [6.07, 6.45) is -2.99. The third kappa shape index (κ3) is 3.18. The van der Waals surface area contributed by atoms with Crippen LogP contribution in [-0.4, -0.2) is 19.7 Å². The minimum absolute atomic E-state index is 0.00162. The van der Waals surface area contributed by atoms with Crippen molar-refractivity contribution < 1.29 is 22.7 Å². The molecular formula is C12H12F3NO2. The van der Waals surface area contributed by atoms with E-state index >= 15 is 0 Å². The lowest BCUT2D eigenvalue weighted by molar-refractivity contribution is -0.137. The predicted molar refractivity (Wildman–Crippen MR) is 58.8 cm³/mol. The largest absolute Gasteiger partial charge is 0.416 e. The molecule has 0 saturated heterocycles. The maximum absolute atomic E-state index is 12.4. The Morgan fingerprint density at radius 3 is 2.11 bits per heavy atom. The van der Waals surface area contributed by atoms with Crippen LogP contribution in [0.3, 0.4) is 0 Å². The monoisotopic (exact) mass is 259 g/mol. The zero-order valence-corrected chi connectivity index (χ0v) is 9.91. The van der Waals surface area contributed by atoms with Crippen LogP contribution in [0.25, 0.3) is 0 Å². The van der Waals surface area contributed by atoms with Crippen molar-refractivity contribution in [2.75, 3.05) is 13.7 Å². The molecule has 0 radical (unpaired) electrons. The highest BCUT2D eigenvalue weighted by Crippen LogP contribution is 2.32. The van der Waals surface area contributed by atoms with E-state index in [9.17, 15) is 18.0 Å². The molecule has 0 saturated carbocycles. The summed E-state index contributed by atoms with van der Waals surface area (Å²) in [7, 11) is 1.40. The summed E-state index contributed by atoms with van der Waals surface area (Å²) >= 11 is 0. The van der Waals surface area contributed by atoms with Gasteiger partial charge in [0.1, 0.15) is 5.60 Å². The van der Waals surface area contributed by atoms with Crippen molar-refractivity contribution in [3.63, 3.8) is 0 Å². The molecule has 1 aromatic rings. The molecule has 18 heavy (non-hydrogen) atoms. The maximum Gasteiger partial charge on any atom is 0.416 e. The number of benzene rings is 1. The van der Waals surface area contributed by atoms with Crippen molar-refractivity contribution in [3.8, 4) is 0 Å². The fraction of sp³-hybridized carbons (Fsp3) is 0.417. The lowest BCUT2D eigenvalue weighted by atomic mass is 9.95. The van der Waals surface area contributed by atoms with Crippen LogP contribution in [0.1, 0.15) is 18.1 Å². The number of alkyl halides is 3. The van der Waals surface area contributed by atoms with Crippen LogP contribution in [0.4, 0.5) is 13.2 Å². The van der Waals surface area contributed by atoms with Crippen LogP contribution in [0.15, 0.2) is 29.3 Å². The van der Waals surface area contributed by atoms with Crippen LogP contribution in [0.5, 0.6) is 0 Å². The van der Waals surface area contributed by atoms with Gasteiger partial charge in [-0.3, -0.25) is 0 Å². The summed E-state index contributed by atoms with van der Waals surface area (Å²) in [5.74, 6) is 0. The first-order valence-corrected chi connectivity index (χ1v) is 5.10. The molecule has 1 atom stereocenters. The number of hydrogen-bond acceptors (Lipinski definition) is 3. The lowest BCUT2D eigenvalue weighted by Gasteiger charge is -2.26. The van der Waals surface area contributed by atoms with Crippen molar-refractivity contribution in [2.45, 2.75) is 18.7 Å². The third-order valence-electron chi connectivity index (χ3n) is 2.72. The van der Waals surface area contributed by atoms with Gasteiger partial charge < -0.3 is 4.74 Å². The summed E-state index contributed by atoms with van der Waals surface area (Å²) in [4.78, 5) is 13.5. The molecule has 0 aliphatic heterocycles. The van der Waals surface area contributed by atoms with E-state index < -0.39 is 17.3 Å². The molecule has 0 amide bonds. The summed E-state index contributed by atoms with van der Waals surface area (Å²) < 4.78 is 42.4. The Balaban J connectivity index is 3.05. The Labute approximate surface area is 102 Å². The zero-order valence-electron chi connectivity index (χ0n) is 9.91. The standard InChI is InChI=1S/C12H12F3NO2/c1-11(18-2,7-16-8-17)9-3-5-10(6-4-9)12(13,14)15/h3-6H,7H2,1-2H3. The number of carbonyl (C=O) groups excluding carboxylic acids is 1. The van der Waals surface area contributed by atoms with Gasteiger partial charge in [-0.2, -0.15) is 13.2 Å². The highest BCUT2D eigenvalue weighted by atomic mass is 19.4. The minimum Gasteiger partial charge on any atom is -0.372 e. The van der Waals surface area contributed by atoms with Gasteiger partial charge in [0, 0.05) is 7.11 Å². The maximum atomic E-state index is 12.4. The van der Waals surface area contributed by atoms with E-state index in [1.807, 2.05) is 0 Å². The van der Waals surface area contributed by atoms with E-state index in [-0.39, 0.29) is 6.54 Å². The number of halogens is 3. The van der Waals surface area contributed by atoms with Crippen molar-refractivity contribution in [1.82, 2.24) is 0 Å². The van der Waals surface area contributed by atoms with Gasteiger partial charge in [-0.25, -0.2) is 9.79 Å². The topological polar surface area (TPSA) is 38.7 Å². The SMILES string of the molecule is COC(C)(CN=C=O)c1ccc(C(F)(F)F)cc1. The van der Waals surface area contributed by atoms with Gasteiger partial charge in [-0.15, -0.1) is 0 Å². The molecule has 1 rings (SSSR count). The van der Waals surface area contributed by atoms with E-state index in [4.69, 9.17) is 4.74 Å². The summed E-state index contributed by atoms with van der Waals surface area (Å²) in [6, 6.07) is 4.56. The first-order valence-electron chi connectivity index (χ1n) is 5.10. The smallest absolute Gasteiger partial charge is 0.372 e. The molecule has 0 spiro atoms. The van der Waals surface area contributed by atoms with Crippen molar-refractivity contribution in [2.24, 2.45) is 4.99 Å². The second-order valence-corrected chi connectivity index (χ2v) is 3.92. The van der Waals surface area contributed by atoms with Gasteiger partial charge in [0.2, 0.25) is 6.08 Å². The van der Waals surface area contributed by atoms with E-state index in [0.29, 0.717) is 5.56 Å². The van der Waals surface area contributed by atoms with Crippen LogP contribution in [-0.2, 0) is 21.3 Å². The molecule has 0 fully saturated rings. The zero-order chi connectivity index (χ0) is 13.8. The number of rotatable bonds is 4. The van der Waals surface area contributed by atoms with Gasteiger partial charge >= 0.3 is 6.18 Å². The number of hydrogen-bond donors (Lipinski definition) is 0. The molecule has 0 N–H and O–H groups in total. The molecule has 3 nitrogen and oxygen atoms in total. The average Bonchev–Trinajstić information content (AvgIpc) is 2.35. The van der Waals surface area contributed by atoms with E-state index in [2.05, 4.69) is 4.99 Å². The Bertz CT molecular complexity index is 449. The summed E-state index contributed by atoms with van der Waals surface area (Å²) in [6.45, 7) is 1.63. The van der Waals surface area contributed by atoms with Crippen LogP contribution >= 0.6 is 0 Å². The highest BCUT2D eigenvalue weighted by Gasteiger charge is 2.32. The Kier molecular flexibility index (Phi) is 4.27. The second kappa shape index (κ2) is 5.33. The number of methoxy groups -OCH3 is 1. The van der Waals surface area contributed by atoms with Crippen molar-refractivity contribution in [1.29, 1.82) is 0 Å². The number of ether oxygens (including phenoxy) is 1. The van der Waals surface area contributed by atoms with Crippen molar-refractivity contribution >= 4 is 6.08 Å². The molecule has 1 unspecified atom stereocenters. The van der Waals surface area contributed by atoms with E-state index in [1.165, 1.54) is 25.3 Å². The van der Waals surface area contributed by atoms with E-state index in [0.717, 1.165) is 12.1 Å². The molecule has 98 valence electrons. The Morgan fingerprint density at radius 1 is 1.22 bits per heavy atom. The van der Waals surface area contributed by atoms with Gasteiger partial charge in [0.15, 0.2) is 0 Å². The first kappa shape index (κ1) is 14.4. The highest BCUT2D eigenvalue weighted by molar-refractivity contribution is 5.34. The minimum atomic E-state index is -4.37. The molecule has 0 aliphatic rings. The van der Waals surface area contributed by atoms with Gasteiger partial charge in [0.05, 0.1) is 12.1 Å². The number of aliphatic imine (C=N–C) groups is 1. The van der Waals surface area contributed by atoms with Crippen LogP contribution in [0.2, 0.25) is 0 Å². The number of nitrogens with zero attached hydrogens (tertiary/aromatic N) is 1. The van der Waals surface area contributed by atoms with Gasteiger partial charge in [-0.1, -0.05) is 12.1 Å². The summed E-state index contributed by atoms with van der Waals surface area (Å²) in [5.41, 5.74) is -1.16. The third-order valence-corrected chi connectivity index (χ3v) is 2.72. The quantitative estimate of drug-likeness (QED) is 0.616.